The average molecular weight is 261 g/mol. The first kappa shape index (κ1) is 11.9. The maximum atomic E-state index is 9.92. The smallest absolute Gasteiger partial charge is 0.172 e. The summed E-state index contributed by atoms with van der Waals surface area (Å²) in [5.41, 5.74) is 7.14. The lowest BCUT2D eigenvalue weighted by atomic mass is 10.1. The maximum Gasteiger partial charge on any atom is 0.172 e. The Bertz CT molecular complexity index is 576. The van der Waals surface area contributed by atoms with Crippen molar-refractivity contribution in [2.45, 2.75) is 0 Å². The van der Waals surface area contributed by atoms with Crippen LogP contribution in [0.3, 0.4) is 0 Å². The second kappa shape index (κ2) is 4.81. The van der Waals surface area contributed by atoms with Gasteiger partial charge < -0.3 is 25.0 Å². The highest BCUT2D eigenvalue weighted by molar-refractivity contribution is 5.72. The number of nitrogens with zero attached hydrogens (tertiary/aromatic N) is 2. The van der Waals surface area contributed by atoms with Gasteiger partial charge in [0.2, 0.25) is 0 Å². The topological polar surface area (TPSA) is 84.8 Å². The molecule has 0 aliphatic carbocycles. The number of nitrogens with two attached hydrogens (primary N) is 1. The molecule has 6 nitrogen and oxygen atoms in total. The van der Waals surface area contributed by atoms with Crippen molar-refractivity contribution in [1.29, 1.82) is 0 Å². The summed E-state index contributed by atoms with van der Waals surface area (Å²) in [5, 5.41) is 13.6. The molecule has 1 saturated heterocycles. The molecule has 0 radical (unpaired) electrons. The van der Waals surface area contributed by atoms with E-state index in [1.807, 2.05) is 12.1 Å². The molecule has 0 spiro atoms. The fourth-order valence-electron chi connectivity index (χ4n) is 2.16. The number of hydrogen-bond donors (Lipinski definition) is 2. The standard InChI is InChI=1S/C13H15N3O3/c14-13-8-12(19-15-13)10-7-9(1-2-11(10)17)16-3-5-18-6-4-16/h1-2,7-8,17H,3-6H2,(H2,14,15). The summed E-state index contributed by atoms with van der Waals surface area (Å²) in [6.45, 7) is 3.10. The third kappa shape index (κ3) is 2.34. The maximum absolute atomic E-state index is 9.92. The van der Waals surface area contributed by atoms with Crippen molar-refractivity contribution in [3.63, 3.8) is 0 Å². The van der Waals surface area contributed by atoms with Gasteiger partial charge in [0.1, 0.15) is 5.75 Å². The van der Waals surface area contributed by atoms with Crippen molar-refractivity contribution in [2.24, 2.45) is 0 Å². The molecular formula is C13H15N3O3. The van der Waals surface area contributed by atoms with E-state index in [2.05, 4.69) is 10.1 Å². The largest absolute Gasteiger partial charge is 0.507 e. The Morgan fingerprint density at radius 2 is 2.00 bits per heavy atom. The predicted molar refractivity (Wildman–Crippen MR) is 71.0 cm³/mol. The minimum absolute atomic E-state index is 0.146. The van der Waals surface area contributed by atoms with Gasteiger partial charge in [-0.3, -0.25) is 0 Å². The number of aromatic nitrogens is 1. The molecule has 0 saturated carbocycles. The second-order valence-electron chi connectivity index (χ2n) is 4.42. The van der Waals surface area contributed by atoms with Crippen LogP contribution in [0.5, 0.6) is 5.75 Å². The molecule has 1 fully saturated rings. The monoisotopic (exact) mass is 261 g/mol. The van der Waals surface area contributed by atoms with E-state index in [1.165, 1.54) is 0 Å². The number of phenols is 1. The third-order valence-electron chi connectivity index (χ3n) is 3.15. The van der Waals surface area contributed by atoms with E-state index < -0.39 is 0 Å². The molecule has 0 atom stereocenters. The number of phenolic OH excluding ortho intramolecular Hbond substituents is 1. The van der Waals surface area contributed by atoms with Crippen LogP contribution >= 0.6 is 0 Å². The van der Waals surface area contributed by atoms with Gasteiger partial charge in [0, 0.05) is 24.8 Å². The normalized spacial score (nSPS) is 15.7. The Balaban J connectivity index is 1.95. The quantitative estimate of drug-likeness (QED) is 0.851. The minimum Gasteiger partial charge on any atom is -0.507 e. The molecule has 1 aliphatic heterocycles. The molecule has 6 heteroatoms. The Kier molecular flexibility index (Phi) is 3.00. The number of ether oxygens (including phenoxy) is 1. The lowest BCUT2D eigenvalue weighted by Gasteiger charge is -2.29. The number of anilines is 2. The zero-order chi connectivity index (χ0) is 13.2. The van der Waals surface area contributed by atoms with Crippen LogP contribution in [-0.2, 0) is 4.74 Å². The molecule has 2 heterocycles. The Morgan fingerprint density at radius 1 is 1.21 bits per heavy atom. The fraction of sp³-hybridized carbons (Fsp3) is 0.308. The Hall–Kier alpha value is -2.21. The van der Waals surface area contributed by atoms with Gasteiger partial charge in [-0.25, -0.2) is 0 Å². The lowest BCUT2D eigenvalue weighted by Crippen LogP contribution is -2.36. The fourth-order valence-corrected chi connectivity index (χ4v) is 2.16. The van der Waals surface area contributed by atoms with Crippen LogP contribution in [0.4, 0.5) is 11.5 Å². The molecule has 19 heavy (non-hydrogen) atoms. The molecular weight excluding hydrogens is 246 g/mol. The zero-order valence-corrected chi connectivity index (χ0v) is 10.4. The molecule has 1 aromatic carbocycles. The molecule has 3 rings (SSSR count). The predicted octanol–water partition coefficient (Wildman–Crippen LogP) is 1.47. The second-order valence-corrected chi connectivity index (χ2v) is 4.42. The number of morpholine rings is 1. The van der Waals surface area contributed by atoms with Crippen LogP contribution in [0.1, 0.15) is 0 Å². The van der Waals surface area contributed by atoms with E-state index in [0.29, 0.717) is 30.4 Å². The third-order valence-corrected chi connectivity index (χ3v) is 3.15. The minimum atomic E-state index is 0.146. The molecule has 0 unspecified atom stereocenters. The SMILES string of the molecule is Nc1cc(-c2cc(N3CCOCC3)ccc2O)on1. The Labute approximate surface area is 110 Å². The van der Waals surface area contributed by atoms with Crippen molar-refractivity contribution < 1.29 is 14.4 Å². The van der Waals surface area contributed by atoms with Crippen LogP contribution in [-0.4, -0.2) is 36.6 Å². The van der Waals surface area contributed by atoms with E-state index in [1.54, 1.807) is 12.1 Å². The highest BCUT2D eigenvalue weighted by atomic mass is 16.5. The summed E-state index contributed by atoms with van der Waals surface area (Å²) in [6.07, 6.45) is 0. The molecule has 0 bridgehead atoms. The number of rotatable bonds is 2. The van der Waals surface area contributed by atoms with Gasteiger partial charge in [0.05, 0.1) is 18.8 Å². The zero-order valence-electron chi connectivity index (χ0n) is 10.4. The lowest BCUT2D eigenvalue weighted by molar-refractivity contribution is 0.122. The average Bonchev–Trinajstić information content (AvgIpc) is 2.87. The molecule has 3 N–H and O–H groups in total. The summed E-state index contributed by atoms with van der Waals surface area (Å²) < 4.78 is 10.4. The first-order chi connectivity index (χ1) is 9.24. The van der Waals surface area contributed by atoms with Crippen molar-refractivity contribution in [1.82, 2.24) is 5.16 Å². The van der Waals surface area contributed by atoms with E-state index in [-0.39, 0.29) is 5.75 Å². The van der Waals surface area contributed by atoms with Gasteiger partial charge >= 0.3 is 0 Å². The van der Waals surface area contributed by atoms with Crippen LogP contribution in [0.2, 0.25) is 0 Å². The van der Waals surface area contributed by atoms with Crippen LogP contribution < -0.4 is 10.6 Å². The van der Waals surface area contributed by atoms with Crippen molar-refractivity contribution in [3.05, 3.63) is 24.3 Å². The van der Waals surface area contributed by atoms with Crippen molar-refractivity contribution >= 4 is 11.5 Å². The van der Waals surface area contributed by atoms with Crippen LogP contribution in [0.25, 0.3) is 11.3 Å². The number of nitrogen functional groups attached to an aromatic ring is 1. The van der Waals surface area contributed by atoms with Crippen molar-refractivity contribution in [3.8, 4) is 17.1 Å². The summed E-state index contributed by atoms with van der Waals surface area (Å²) >= 11 is 0. The Morgan fingerprint density at radius 3 is 2.68 bits per heavy atom. The van der Waals surface area contributed by atoms with E-state index in [4.69, 9.17) is 15.0 Å². The first-order valence-electron chi connectivity index (χ1n) is 6.12. The number of hydrogen-bond acceptors (Lipinski definition) is 6. The van der Waals surface area contributed by atoms with Gasteiger partial charge in [0.25, 0.3) is 0 Å². The highest BCUT2D eigenvalue weighted by Crippen LogP contribution is 2.33. The van der Waals surface area contributed by atoms with E-state index >= 15 is 0 Å². The summed E-state index contributed by atoms with van der Waals surface area (Å²) in [4.78, 5) is 2.20. The highest BCUT2D eigenvalue weighted by Gasteiger charge is 2.15. The molecule has 1 aliphatic rings. The molecule has 0 amide bonds. The van der Waals surface area contributed by atoms with Gasteiger partial charge in [-0.2, -0.15) is 0 Å². The first-order valence-corrected chi connectivity index (χ1v) is 6.12. The number of aromatic hydroxyl groups is 1. The van der Waals surface area contributed by atoms with Crippen LogP contribution in [0, 0.1) is 0 Å². The summed E-state index contributed by atoms with van der Waals surface area (Å²) in [6, 6.07) is 7.00. The van der Waals surface area contributed by atoms with Crippen molar-refractivity contribution in [2.75, 3.05) is 36.9 Å². The number of benzene rings is 1. The molecule has 2 aromatic rings. The van der Waals surface area contributed by atoms with Gasteiger partial charge in [-0.05, 0) is 18.2 Å². The summed E-state index contributed by atoms with van der Waals surface area (Å²) in [5.74, 6) is 0.907. The molecule has 1 aromatic heterocycles. The molecule has 100 valence electrons. The summed E-state index contributed by atoms with van der Waals surface area (Å²) in [7, 11) is 0. The van der Waals surface area contributed by atoms with Gasteiger partial charge in [-0.1, -0.05) is 5.16 Å². The van der Waals surface area contributed by atoms with Crippen LogP contribution in [0.15, 0.2) is 28.8 Å². The van der Waals surface area contributed by atoms with Gasteiger partial charge in [-0.15, -0.1) is 0 Å². The van der Waals surface area contributed by atoms with E-state index in [0.717, 1.165) is 18.8 Å². The van der Waals surface area contributed by atoms with E-state index in [9.17, 15) is 5.11 Å². The van der Waals surface area contributed by atoms with Gasteiger partial charge in [0.15, 0.2) is 11.6 Å².